The van der Waals surface area contributed by atoms with Gasteiger partial charge < -0.3 is 14.6 Å². The zero-order chi connectivity index (χ0) is 17.4. The zero-order valence-electron chi connectivity index (χ0n) is 13.1. The first-order valence-electron chi connectivity index (χ1n) is 6.86. The number of nitrogens with one attached hydrogen (secondary N) is 1. The molecule has 9 heteroatoms. The smallest absolute Gasteiger partial charge is 0.340 e. The Hall–Kier alpha value is -2.19. The van der Waals surface area contributed by atoms with Crippen LogP contribution in [0, 0.1) is 11.6 Å². The second kappa shape index (κ2) is 7.37. The summed E-state index contributed by atoms with van der Waals surface area (Å²) in [4.78, 5) is 16.0. The van der Waals surface area contributed by atoms with Gasteiger partial charge in [0.15, 0.2) is 5.82 Å². The number of hydrogen-bond donors (Lipinski definition) is 1. The number of benzene rings is 2. The van der Waals surface area contributed by atoms with E-state index in [0.29, 0.717) is 9.99 Å². The average Bonchev–Trinajstić information content (AvgIpc) is 2.92. The number of esters is 1. The predicted molar refractivity (Wildman–Crippen MR) is 96.6 cm³/mol. The van der Waals surface area contributed by atoms with Gasteiger partial charge in [-0.1, -0.05) is 15.9 Å². The fourth-order valence-corrected chi connectivity index (χ4v) is 2.68. The molecule has 2 aromatic carbocycles. The van der Waals surface area contributed by atoms with Gasteiger partial charge in [0.2, 0.25) is 0 Å². The highest BCUT2D eigenvalue weighted by atomic mass is 79.9. The first-order chi connectivity index (χ1) is 11.4. The first-order valence-corrected chi connectivity index (χ1v) is 7.65. The van der Waals surface area contributed by atoms with Crippen molar-refractivity contribution < 1.29 is 18.3 Å². The third kappa shape index (κ3) is 3.45. The number of ether oxygens (including phenoxy) is 1. The maximum absolute atomic E-state index is 14.9. The van der Waals surface area contributed by atoms with Gasteiger partial charge in [0, 0.05) is 11.5 Å². The number of anilines is 2. The van der Waals surface area contributed by atoms with Crippen LogP contribution >= 0.6 is 28.3 Å². The average molecular weight is 433 g/mol. The van der Waals surface area contributed by atoms with Gasteiger partial charge in [-0.2, -0.15) is 0 Å². The summed E-state index contributed by atoms with van der Waals surface area (Å²) in [6.45, 7) is 0. The van der Waals surface area contributed by atoms with E-state index in [-0.39, 0.29) is 34.9 Å². The van der Waals surface area contributed by atoms with E-state index in [9.17, 15) is 13.6 Å². The molecule has 1 aromatic heterocycles. The minimum Gasteiger partial charge on any atom is -0.465 e. The van der Waals surface area contributed by atoms with Crippen LogP contribution in [0.5, 0.6) is 0 Å². The fourth-order valence-electron chi connectivity index (χ4n) is 2.34. The largest absolute Gasteiger partial charge is 0.465 e. The number of carbonyl (C=O) groups is 1. The maximum Gasteiger partial charge on any atom is 0.340 e. The molecule has 0 amide bonds. The van der Waals surface area contributed by atoms with E-state index in [4.69, 9.17) is 4.74 Å². The fraction of sp³-hybridized carbons (Fsp3) is 0.125. The standard InChI is InChI=1S/C16H12BrF2N3O2.ClH/c1-22-7-20-15-12(22)6-9(16(23)24-2)14(13(15)19)21-11-4-3-8(17)5-10(11)18;/h3-7,21H,1-2H3;1H. The summed E-state index contributed by atoms with van der Waals surface area (Å²) < 4.78 is 35.7. The van der Waals surface area contributed by atoms with Gasteiger partial charge in [0.1, 0.15) is 11.3 Å². The monoisotopic (exact) mass is 431 g/mol. The molecule has 0 bridgehead atoms. The summed E-state index contributed by atoms with van der Waals surface area (Å²) in [6, 6.07) is 5.72. The topological polar surface area (TPSA) is 56.1 Å². The van der Waals surface area contributed by atoms with E-state index in [1.54, 1.807) is 17.7 Å². The zero-order valence-corrected chi connectivity index (χ0v) is 15.5. The van der Waals surface area contributed by atoms with E-state index in [1.807, 2.05) is 0 Å². The summed E-state index contributed by atoms with van der Waals surface area (Å²) in [7, 11) is 2.87. The molecule has 5 nitrogen and oxygen atoms in total. The number of aromatic nitrogens is 2. The molecule has 132 valence electrons. The molecule has 0 radical (unpaired) electrons. The molecule has 0 aliphatic rings. The SMILES string of the molecule is COC(=O)c1cc2c(ncn2C)c(F)c1Nc1ccc(Br)cc1F.Cl. The minimum absolute atomic E-state index is 0. The number of carbonyl (C=O) groups excluding carboxylic acids is 1. The Morgan fingerprint density at radius 2 is 2.04 bits per heavy atom. The Morgan fingerprint density at radius 3 is 2.68 bits per heavy atom. The molecular formula is C16H13BrClF2N3O2. The lowest BCUT2D eigenvalue weighted by Gasteiger charge is -2.13. The van der Waals surface area contributed by atoms with E-state index in [1.165, 1.54) is 31.6 Å². The number of rotatable bonds is 3. The Morgan fingerprint density at radius 1 is 1.32 bits per heavy atom. The Balaban J connectivity index is 0.00000225. The number of halogens is 4. The molecule has 0 aliphatic carbocycles. The van der Waals surface area contributed by atoms with E-state index >= 15 is 0 Å². The molecule has 1 heterocycles. The van der Waals surface area contributed by atoms with Gasteiger partial charge in [0.25, 0.3) is 0 Å². The third-order valence-electron chi connectivity index (χ3n) is 3.56. The van der Waals surface area contributed by atoms with Crippen molar-refractivity contribution in [1.82, 2.24) is 9.55 Å². The highest BCUT2D eigenvalue weighted by Crippen LogP contribution is 2.32. The lowest BCUT2D eigenvalue weighted by atomic mass is 10.1. The highest BCUT2D eigenvalue weighted by Gasteiger charge is 2.22. The van der Waals surface area contributed by atoms with Crippen LogP contribution in [-0.2, 0) is 11.8 Å². The summed E-state index contributed by atoms with van der Waals surface area (Å²) in [6.07, 6.45) is 1.43. The van der Waals surface area contributed by atoms with Crippen LogP contribution in [0.15, 0.2) is 35.1 Å². The van der Waals surface area contributed by atoms with Crippen molar-refractivity contribution in [2.75, 3.05) is 12.4 Å². The summed E-state index contributed by atoms with van der Waals surface area (Å²) in [5.74, 6) is -2.09. The Bertz CT molecular complexity index is 962. The molecular weight excluding hydrogens is 420 g/mol. The molecule has 0 spiro atoms. The van der Waals surface area contributed by atoms with E-state index in [2.05, 4.69) is 26.2 Å². The molecule has 1 N–H and O–H groups in total. The molecule has 25 heavy (non-hydrogen) atoms. The van der Waals surface area contributed by atoms with Gasteiger partial charge in [0.05, 0.1) is 35.9 Å². The van der Waals surface area contributed by atoms with Crippen molar-refractivity contribution in [2.45, 2.75) is 0 Å². The van der Waals surface area contributed by atoms with E-state index in [0.717, 1.165) is 0 Å². The number of aryl methyl sites for hydroxylation is 1. The normalized spacial score (nSPS) is 10.4. The molecule has 0 saturated carbocycles. The Kier molecular flexibility index (Phi) is 5.64. The Labute approximate surface area is 156 Å². The van der Waals surface area contributed by atoms with Crippen molar-refractivity contribution in [3.8, 4) is 0 Å². The first kappa shape index (κ1) is 19.1. The van der Waals surface area contributed by atoms with Crippen LogP contribution in [-0.4, -0.2) is 22.6 Å². The van der Waals surface area contributed by atoms with Crippen LogP contribution in [0.3, 0.4) is 0 Å². The molecule has 0 unspecified atom stereocenters. The van der Waals surface area contributed by atoms with Gasteiger partial charge >= 0.3 is 5.97 Å². The lowest BCUT2D eigenvalue weighted by molar-refractivity contribution is 0.0601. The quantitative estimate of drug-likeness (QED) is 0.616. The van der Waals surface area contributed by atoms with Crippen molar-refractivity contribution in [2.24, 2.45) is 7.05 Å². The second-order valence-corrected chi connectivity index (χ2v) is 5.99. The van der Waals surface area contributed by atoms with Crippen molar-refractivity contribution in [3.63, 3.8) is 0 Å². The van der Waals surface area contributed by atoms with Crippen LogP contribution in [0.2, 0.25) is 0 Å². The van der Waals surface area contributed by atoms with Crippen LogP contribution in [0.25, 0.3) is 11.0 Å². The van der Waals surface area contributed by atoms with E-state index < -0.39 is 17.6 Å². The number of fused-ring (bicyclic) bond motifs is 1. The summed E-state index contributed by atoms with van der Waals surface area (Å²) in [5, 5.41) is 2.63. The lowest BCUT2D eigenvalue weighted by Crippen LogP contribution is -2.09. The number of nitrogens with zero attached hydrogens (tertiary/aromatic N) is 2. The minimum atomic E-state index is -0.754. The van der Waals surface area contributed by atoms with Crippen LogP contribution in [0.4, 0.5) is 20.2 Å². The van der Waals surface area contributed by atoms with Crippen molar-refractivity contribution in [3.05, 3.63) is 52.3 Å². The van der Waals surface area contributed by atoms with Gasteiger partial charge in [-0.25, -0.2) is 18.6 Å². The predicted octanol–water partition coefficient (Wildman–Crippen LogP) is 4.57. The second-order valence-electron chi connectivity index (χ2n) is 5.08. The third-order valence-corrected chi connectivity index (χ3v) is 4.05. The maximum atomic E-state index is 14.9. The summed E-state index contributed by atoms with van der Waals surface area (Å²) >= 11 is 3.15. The van der Waals surface area contributed by atoms with Gasteiger partial charge in [-0.15, -0.1) is 12.4 Å². The molecule has 0 fully saturated rings. The molecule has 3 aromatic rings. The van der Waals surface area contributed by atoms with Crippen LogP contribution < -0.4 is 5.32 Å². The molecule has 3 rings (SSSR count). The highest BCUT2D eigenvalue weighted by molar-refractivity contribution is 9.10. The number of hydrogen-bond acceptors (Lipinski definition) is 4. The molecule has 0 saturated heterocycles. The van der Waals surface area contributed by atoms with Gasteiger partial charge in [-0.05, 0) is 24.3 Å². The number of methoxy groups -OCH3 is 1. The van der Waals surface area contributed by atoms with Crippen molar-refractivity contribution in [1.29, 1.82) is 0 Å². The molecule has 0 aliphatic heterocycles. The van der Waals surface area contributed by atoms with Crippen molar-refractivity contribution >= 4 is 56.7 Å². The molecule has 0 atom stereocenters. The van der Waals surface area contributed by atoms with Crippen LogP contribution in [0.1, 0.15) is 10.4 Å². The number of imidazole rings is 1. The summed E-state index contributed by atoms with van der Waals surface area (Å²) in [5.41, 5.74) is 0.292. The van der Waals surface area contributed by atoms with Gasteiger partial charge in [-0.3, -0.25) is 0 Å².